The van der Waals surface area contributed by atoms with Crippen LogP contribution in [0.15, 0.2) is 15.1 Å². The minimum atomic E-state index is -0.115. The van der Waals surface area contributed by atoms with Crippen LogP contribution in [0.5, 0.6) is 0 Å². The fourth-order valence-electron chi connectivity index (χ4n) is 1.25. The lowest BCUT2D eigenvalue weighted by Gasteiger charge is -1.92. The molecule has 0 saturated heterocycles. The molecule has 1 N–H and O–H groups in total. The van der Waals surface area contributed by atoms with Crippen LogP contribution in [0.25, 0.3) is 11.5 Å². The molecule has 5 heteroatoms. The average molecular weight is 194 g/mol. The molecule has 14 heavy (non-hydrogen) atoms. The Morgan fingerprint density at radius 2 is 2.07 bits per heavy atom. The van der Waals surface area contributed by atoms with Crippen LogP contribution in [-0.2, 0) is 6.61 Å². The third-order valence-electron chi connectivity index (χ3n) is 2.00. The molecule has 0 saturated carbocycles. The molecule has 2 aromatic rings. The van der Waals surface area contributed by atoms with E-state index < -0.39 is 0 Å². The van der Waals surface area contributed by atoms with Crippen LogP contribution in [0, 0.1) is 13.8 Å². The molecule has 0 aromatic carbocycles. The smallest absolute Gasteiger partial charge is 0.194 e. The quantitative estimate of drug-likeness (QED) is 0.783. The molecule has 0 aliphatic heterocycles. The fourth-order valence-corrected chi connectivity index (χ4v) is 1.25. The van der Waals surface area contributed by atoms with E-state index >= 15 is 0 Å². The van der Waals surface area contributed by atoms with Gasteiger partial charge in [-0.05, 0) is 13.8 Å². The third-order valence-corrected chi connectivity index (χ3v) is 2.00. The van der Waals surface area contributed by atoms with Gasteiger partial charge in [0.15, 0.2) is 11.5 Å². The van der Waals surface area contributed by atoms with Gasteiger partial charge in [0.05, 0.1) is 12.3 Å². The molecule has 74 valence electrons. The van der Waals surface area contributed by atoms with Crippen LogP contribution in [0.2, 0.25) is 0 Å². The summed E-state index contributed by atoms with van der Waals surface area (Å²) in [5, 5.41) is 16.6. The molecule has 2 rings (SSSR count). The summed E-state index contributed by atoms with van der Waals surface area (Å²) in [6.45, 7) is 3.44. The highest BCUT2D eigenvalue weighted by Crippen LogP contribution is 2.25. The minimum Gasteiger partial charge on any atom is -0.391 e. The van der Waals surface area contributed by atoms with Crippen molar-refractivity contribution in [1.82, 2.24) is 10.3 Å². The maximum atomic E-state index is 9.10. The highest BCUT2D eigenvalue weighted by molar-refractivity contribution is 5.57. The third kappa shape index (κ3) is 1.31. The summed E-state index contributed by atoms with van der Waals surface area (Å²) in [6.07, 6.45) is 0. The summed E-state index contributed by atoms with van der Waals surface area (Å²) in [6, 6.07) is 1.74. The van der Waals surface area contributed by atoms with Gasteiger partial charge in [0.2, 0.25) is 0 Å². The molecule has 0 bridgehead atoms. The number of hydrogen-bond donors (Lipinski definition) is 1. The van der Waals surface area contributed by atoms with Crippen LogP contribution in [0.1, 0.15) is 17.0 Å². The van der Waals surface area contributed by atoms with Crippen molar-refractivity contribution in [2.24, 2.45) is 0 Å². The van der Waals surface area contributed by atoms with E-state index in [4.69, 9.17) is 14.2 Å². The monoisotopic (exact) mass is 194 g/mol. The van der Waals surface area contributed by atoms with Gasteiger partial charge < -0.3 is 14.2 Å². The average Bonchev–Trinajstić information content (AvgIpc) is 2.71. The van der Waals surface area contributed by atoms with Gasteiger partial charge in [0, 0.05) is 11.6 Å². The zero-order valence-electron chi connectivity index (χ0n) is 7.94. The van der Waals surface area contributed by atoms with E-state index in [2.05, 4.69) is 10.3 Å². The Kier molecular flexibility index (Phi) is 2.09. The predicted octanol–water partition coefficient (Wildman–Crippen LogP) is 1.44. The molecule has 0 fully saturated rings. The molecule has 0 amide bonds. The van der Waals surface area contributed by atoms with Crippen molar-refractivity contribution in [2.45, 2.75) is 20.5 Å². The lowest BCUT2D eigenvalue weighted by molar-refractivity contribution is 0.280. The largest absolute Gasteiger partial charge is 0.391 e. The van der Waals surface area contributed by atoms with E-state index in [1.165, 1.54) is 0 Å². The van der Waals surface area contributed by atoms with Crippen LogP contribution in [-0.4, -0.2) is 15.4 Å². The van der Waals surface area contributed by atoms with Crippen LogP contribution in [0.3, 0.4) is 0 Å². The first-order chi connectivity index (χ1) is 6.72. The Morgan fingerprint density at radius 3 is 2.64 bits per heavy atom. The number of aliphatic hydroxyl groups excluding tert-OH is 1. The summed E-state index contributed by atoms with van der Waals surface area (Å²) in [7, 11) is 0. The van der Waals surface area contributed by atoms with E-state index in [-0.39, 0.29) is 6.61 Å². The summed E-state index contributed by atoms with van der Waals surface area (Å²) in [4.78, 5) is 0. The summed E-state index contributed by atoms with van der Waals surface area (Å²) < 4.78 is 9.96. The first kappa shape index (κ1) is 8.96. The zero-order chi connectivity index (χ0) is 10.1. The van der Waals surface area contributed by atoms with Crippen molar-refractivity contribution in [3.8, 4) is 11.5 Å². The van der Waals surface area contributed by atoms with Gasteiger partial charge in [0.1, 0.15) is 5.76 Å². The van der Waals surface area contributed by atoms with Gasteiger partial charge in [-0.1, -0.05) is 10.3 Å². The molecule has 2 aromatic heterocycles. The maximum absolute atomic E-state index is 9.10. The Hall–Kier alpha value is -1.62. The second-order valence-corrected chi connectivity index (χ2v) is 3.06. The molecule has 0 unspecified atom stereocenters. The maximum Gasteiger partial charge on any atom is 0.194 e. The minimum absolute atomic E-state index is 0.115. The van der Waals surface area contributed by atoms with Gasteiger partial charge in [-0.2, -0.15) is 0 Å². The van der Waals surface area contributed by atoms with E-state index in [1.54, 1.807) is 19.9 Å². The Morgan fingerprint density at radius 1 is 1.29 bits per heavy atom. The molecule has 0 atom stereocenters. The Bertz CT molecular complexity index is 445. The topological polar surface area (TPSA) is 72.3 Å². The molecule has 0 aliphatic rings. The molecule has 2 heterocycles. The van der Waals surface area contributed by atoms with Gasteiger partial charge in [-0.25, -0.2) is 0 Å². The van der Waals surface area contributed by atoms with Crippen molar-refractivity contribution in [3.63, 3.8) is 0 Å². The van der Waals surface area contributed by atoms with Crippen LogP contribution < -0.4 is 0 Å². The fraction of sp³-hybridized carbons (Fsp3) is 0.333. The van der Waals surface area contributed by atoms with Crippen molar-refractivity contribution < 1.29 is 14.2 Å². The second kappa shape index (κ2) is 3.26. The first-order valence-electron chi connectivity index (χ1n) is 4.22. The molecular weight excluding hydrogens is 184 g/mol. The van der Waals surface area contributed by atoms with E-state index in [0.29, 0.717) is 28.5 Å². The van der Waals surface area contributed by atoms with Gasteiger partial charge in [-0.15, -0.1) is 0 Å². The molecular formula is C9H10N2O3. The van der Waals surface area contributed by atoms with Crippen molar-refractivity contribution >= 4 is 0 Å². The number of aryl methyl sites for hydroxylation is 2. The zero-order valence-corrected chi connectivity index (χ0v) is 7.94. The second-order valence-electron chi connectivity index (χ2n) is 3.06. The van der Waals surface area contributed by atoms with Crippen molar-refractivity contribution in [2.75, 3.05) is 0 Å². The number of rotatable bonds is 2. The summed E-state index contributed by atoms with van der Waals surface area (Å²) >= 11 is 0. The first-order valence-corrected chi connectivity index (χ1v) is 4.22. The van der Waals surface area contributed by atoms with E-state index in [1.807, 2.05) is 0 Å². The van der Waals surface area contributed by atoms with Gasteiger partial charge in [0.25, 0.3) is 0 Å². The van der Waals surface area contributed by atoms with E-state index in [0.717, 1.165) is 0 Å². The van der Waals surface area contributed by atoms with Crippen LogP contribution >= 0.6 is 0 Å². The normalized spacial score (nSPS) is 10.8. The van der Waals surface area contributed by atoms with Gasteiger partial charge in [-0.3, -0.25) is 0 Å². The Balaban J connectivity index is 2.51. The SMILES string of the molecule is Cc1cc(-c2onc(C)c2CO)no1. The van der Waals surface area contributed by atoms with Gasteiger partial charge >= 0.3 is 0 Å². The molecule has 5 nitrogen and oxygen atoms in total. The molecule has 0 radical (unpaired) electrons. The summed E-state index contributed by atoms with van der Waals surface area (Å²) in [5.74, 6) is 1.17. The Labute approximate surface area is 80.3 Å². The lowest BCUT2D eigenvalue weighted by Crippen LogP contribution is -1.87. The standard InChI is InChI=1S/C9H10N2O3/c1-5-3-8(11-13-5)9-7(4-12)6(2)10-14-9/h3,12H,4H2,1-2H3. The van der Waals surface area contributed by atoms with Crippen LogP contribution in [0.4, 0.5) is 0 Å². The molecule has 0 aliphatic carbocycles. The number of nitrogens with zero attached hydrogens (tertiary/aromatic N) is 2. The van der Waals surface area contributed by atoms with Crippen molar-refractivity contribution in [3.05, 3.63) is 23.1 Å². The van der Waals surface area contributed by atoms with Crippen molar-refractivity contribution in [1.29, 1.82) is 0 Å². The van der Waals surface area contributed by atoms with E-state index in [9.17, 15) is 0 Å². The highest BCUT2D eigenvalue weighted by Gasteiger charge is 2.16. The highest BCUT2D eigenvalue weighted by atomic mass is 16.5. The number of aromatic nitrogens is 2. The lowest BCUT2D eigenvalue weighted by atomic mass is 10.1. The predicted molar refractivity (Wildman–Crippen MR) is 47.4 cm³/mol. The molecule has 0 spiro atoms. The number of hydrogen-bond acceptors (Lipinski definition) is 5. The number of aliphatic hydroxyl groups is 1. The summed E-state index contributed by atoms with van der Waals surface area (Å²) in [5.41, 5.74) is 1.88.